The number of rotatable bonds is 3. The summed E-state index contributed by atoms with van der Waals surface area (Å²) < 4.78 is 1.46. The lowest BCUT2D eigenvalue weighted by Crippen LogP contribution is -2.10. The minimum absolute atomic E-state index is 0.191. The van der Waals surface area contributed by atoms with E-state index in [9.17, 15) is 4.79 Å². The lowest BCUT2D eigenvalue weighted by molar-refractivity contribution is -0.137. The number of aromatic nitrogens is 2. The van der Waals surface area contributed by atoms with Gasteiger partial charge in [-0.1, -0.05) is 41.9 Å². The molecular weight excluding hydrogens is 228 g/mol. The van der Waals surface area contributed by atoms with Gasteiger partial charge in [0.25, 0.3) is 0 Å². The molecule has 0 aliphatic carbocycles. The van der Waals surface area contributed by atoms with Crippen molar-refractivity contribution in [3.05, 3.63) is 41.7 Å². The summed E-state index contributed by atoms with van der Waals surface area (Å²) in [5.41, 5.74) is 0.843. The van der Waals surface area contributed by atoms with E-state index in [1.807, 2.05) is 30.3 Å². The van der Waals surface area contributed by atoms with Crippen LogP contribution in [-0.2, 0) is 11.3 Å². The first-order chi connectivity index (χ1) is 7.68. The molecule has 0 spiro atoms. The van der Waals surface area contributed by atoms with E-state index in [4.69, 9.17) is 16.7 Å². The summed E-state index contributed by atoms with van der Waals surface area (Å²) in [6.07, 6.45) is 1.45. The van der Waals surface area contributed by atoms with Gasteiger partial charge in [0.1, 0.15) is 17.5 Å². The van der Waals surface area contributed by atoms with Crippen molar-refractivity contribution in [2.75, 3.05) is 0 Å². The van der Waals surface area contributed by atoms with Crippen molar-refractivity contribution < 1.29 is 9.90 Å². The van der Waals surface area contributed by atoms with Gasteiger partial charge in [0.2, 0.25) is 0 Å². The Morgan fingerprint density at radius 2 is 2.06 bits per heavy atom. The number of carbonyl (C=O) groups is 1. The number of carboxylic acids is 1. The largest absolute Gasteiger partial charge is 0.480 e. The van der Waals surface area contributed by atoms with Crippen LogP contribution in [0.25, 0.3) is 11.4 Å². The number of benzene rings is 1. The second kappa shape index (κ2) is 4.37. The molecule has 82 valence electrons. The molecule has 0 unspecified atom stereocenters. The molecule has 16 heavy (non-hydrogen) atoms. The first-order valence-corrected chi connectivity index (χ1v) is 5.04. The zero-order valence-corrected chi connectivity index (χ0v) is 9.05. The Labute approximate surface area is 97.1 Å². The molecule has 2 rings (SSSR count). The fourth-order valence-corrected chi connectivity index (χ4v) is 1.65. The lowest BCUT2D eigenvalue weighted by Gasteiger charge is -2.05. The van der Waals surface area contributed by atoms with Crippen molar-refractivity contribution >= 4 is 17.6 Å². The summed E-state index contributed by atoms with van der Waals surface area (Å²) in [6.45, 7) is -0.191. The second-order valence-electron chi connectivity index (χ2n) is 3.25. The van der Waals surface area contributed by atoms with Crippen molar-refractivity contribution in [2.45, 2.75) is 6.54 Å². The number of hydrogen-bond acceptors (Lipinski definition) is 2. The molecule has 0 aliphatic rings. The molecule has 0 saturated heterocycles. The van der Waals surface area contributed by atoms with Gasteiger partial charge in [-0.05, 0) is 0 Å². The molecular formula is C11H9ClN2O2. The maximum Gasteiger partial charge on any atom is 0.323 e. The number of aliphatic carboxylic acids is 1. The monoisotopic (exact) mass is 236 g/mol. The van der Waals surface area contributed by atoms with Gasteiger partial charge in [-0.15, -0.1) is 0 Å². The van der Waals surface area contributed by atoms with Crippen LogP contribution in [0.5, 0.6) is 0 Å². The van der Waals surface area contributed by atoms with E-state index in [0.717, 1.165) is 5.56 Å². The Bertz CT molecular complexity index is 508. The first kappa shape index (κ1) is 10.7. The van der Waals surface area contributed by atoms with Crippen molar-refractivity contribution in [1.82, 2.24) is 9.55 Å². The first-order valence-electron chi connectivity index (χ1n) is 4.66. The molecule has 0 fully saturated rings. The van der Waals surface area contributed by atoms with Crippen LogP contribution < -0.4 is 0 Å². The fraction of sp³-hybridized carbons (Fsp3) is 0.0909. The minimum atomic E-state index is -0.947. The zero-order chi connectivity index (χ0) is 11.5. The number of halogens is 1. The molecule has 0 atom stereocenters. The van der Waals surface area contributed by atoms with Crippen LogP contribution in [0, 0.1) is 0 Å². The summed E-state index contributed by atoms with van der Waals surface area (Å²) in [5, 5.41) is 9.09. The Hall–Kier alpha value is -1.81. The Morgan fingerprint density at radius 1 is 1.38 bits per heavy atom. The maximum atomic E-state index is 10.7. The van der Waals surface area contributed by atoms with Gasteiger partial charge in [-0.2, -0.15) is 0 Å². The highest BCUT2D eigenvalue weighted by molar-refractivity contribution is 6.29. The molecule has 1 heterocycles. The summed E-state index contributed by atoms with van der Waals surface area (Å²) >= 11 is 5.88. The zero-order valence-electron chi connectivity index (χ0n) is 8.30. The van der Waals surface area contributed by atoms with Crippen LogP contribution in [-0.4, -0.2) is 20.6 Å². The SMILES string of the molecule is O=C(O)Cn1c(Cl)cnc1-c1ccccc1. The minimum Gasteiger partial charge on any atom is -0.480 e. The number of imidazole rings is 1. The molecule has 0 aliphatic heterocycles. The van der Waals surface area contributed by atoms with E-state index in [2.05, 4.69) is 4.98 Å². The van der Waals surface area contributed by atoms with Crippen LogP contribution in [0.3, 0.4) is 0 Å². The second-order valence-corrected chi connectivity index (χ2v) is 3.64. The van der Waals surface area contributed by atoms with Crippen molar-refractivity contribution in [1.29, 1.82) is 0 Å². The highest BCUT2D eigenvalue weighted by atomic mass is 35.5. The van der Waals surface area contributed by atoms with E-state index in [-0.39, 0.29) is 6.54 Å². The van der Waals surface area contributed by atoms with Crippen molar-refractivity contribution in [2.24, 2.45) is 0 Å². The number of nitrogens with zero attached hydrogens (tertiary/aromatic N) is 2. The van der Waals surface area contributed by atoms with E-state index in [1.165, 1.54) is 10.8 Å². The summed E-state index contributed by atoms with van der Waals surface area (Å²) in [6, 6.07) is 9.33. The van der Waals surface area contributed by atoms with Gasteiger partial charge in [0.05, 0.1) is 6.20 Å². The Kier molecular flexibility index (Phi) is 2.92. The van der Waals surface area contributed by atoms with Gasteiger partial charge in [-0.3, -0.25) is 4.79 Å². The van der Waals surface area contributed by atoms with Crippen LogP contribution in [0.2, 0.25) is 5.15 Å². The van der Waals surface area contributed by atoms with E-state index in [0.29, 0.717) is 11.0 Å². The van der Waals surface area contributed by atoms with Crippen LogP contribution in [0.15, 0.2) is 36.5 Å². The highest BCUT2D eigenvalue weighted by Gasteiger charge is 2.12. The quantitative estimate of drug-likeness (QED) is 0.890. The number of carboxylic acid groups (broad SMARTS) is 1. The standard InChI is InChI=1S/C11H9ClN2O2/c12-9-6-13-11(14(9)7-10(15)16)8-4-2-1-3-5-8/h1-6H,7H2,(H,15,16). The molecule has 1 aromatic carbocycles. The smallest absolute Gasteiger partial charge is 0.323 e. The number of hydrogen-bond donors (Lipinski definition) is 1. The molecule has 5 heteroatoms. The fourth-order valence-electron chi connectivity index (χ4n) is 1.46. The van der Waals surface area contributed by atoms with Gasteiger partial charge >= 0.3 is 5.97 Å². The average molecular weight is 237 g/mol. The van der Waals surface area contributed by atoms with Crippen LogP contribution in [0.4, 0.5) is 0 Å². The average Bonchev–Trinajstić information content (AvgIpc) is 2.61. The predicted molar refractivity (Wildman–Crippen MR) is 60.3 cm³/mol. The van der Waals surface area contributed by atoms with E-state index >= 15 is 0 Å². The molecule has 0 saturated carbocycles. The van der Waals surface area contributed by atoms with Gasteiger partial charge < -0.3 is 9.67 Å². The third kappa shape index (κ3) is 2.06. The summed E-state index contributed by atoms with van der Waals surface area (Å²) in [5.74, 6) is -0.384. The van der Waals surface area contributed by atoms with Crippen LogP contribution in [0.1, 0.15) is 0 Å². The van der Waals surface area contributed by atoms with E-state index < -0.39 is 5.97 Å². The normalized spacial score (nSPS) is 10.3. The molecule has 1 aromatic heterocycles. The van der Waals surface area contributed by atoms with Gasteiger partial charge in [-0.25, -0.2) is 4.98 Å². The summed E-state index contributed by atoms with van der Waals surface area (Å²) in [4.78, 5) is 14.8. The molecule has 0 bridgehead atoms. The Balaban J connectivity index is 2.46. The van der Waals surface area contributed by atoms with Gasteiger partial charge in [0, 0.05) is 5.56 Å². The van der Waals surface area contributed by atoms with Crippen molar-refractivity contribution in [3.63, 3.8) is 0 Å². The predicted octanol–water partition coefficient (Wildman–Crippen LogP) is 2.29. The summed E-state index contributed by atoms with van der Waals surface area (Å²) in [7, 11) is 0. The third-order valence-corrected chi connectivity index (χ3v) is 2.43. The highest BCUT2D eigenvalue weighted by Crippen LogP contribution is 2.21. The molecule has 1 N–H and O–H groups in total. The topological polar surface area (TPSA) is 55.1 Å². The van der Waals surface area contributed by atoms with Gasteiger partial charge in [0.15, 0.2) is 0 Å². The lowest BCUT2D eigenvalue weighted by atomic mass is 10.2. The molecule has 4 nitrogen and oxygen atoms in total. The molecule has 0 amide bonds. The molecule has 2 aromatic rings. The van der Waals surface area contributed by atoms with Crippen LogP contribution >= 0.6 is 11.6 Å². The Morgan fingerprint density at radius 3 is 2.69 bits per heavy atom. The van der Waals surface area contributed by atoms with E-state index in [1.54, 1.807) is 0 Å². The third-order valence-electron chi connectivity index (χ3n) is 2.13. The maximum absolute atomic E-state index is 10.7. The molecule has 0 radical (unpaired) electrons. The van der Waals surface area contributed by atoms with Crippen molar-refractivity contribution in [3.8, 4) is 11.4 Å².